The minimum atomic E-state index is -0.326. The summed E-state index contributed by atoms with van der Waals surface area (Å²) in [5.41, 5.74) is 4.78. The van der Waals surface area contributed by atoms with Crippen LogP contribution in [0.4, 0.5) is 5.69 Å². The quantitative estimate of drug-likeness (QED) is 0.490. The second kappa shape index (κ2) is 8.40. The lowest BCUT2D eigenvalue weighted by molar-refractivity contribution is 0.657. The number of hydrogen-bond donors (Lipinski definition) is 0. The maximum atomic E-state index is 13.6. The number of fused-ring (bicyclic) bond motifs is 1. The Morgan fingerprint density at radius 1 is 0.875 bits per heavy atom. The van der Waals surface area contributed by atoms with Crippen LogP contribution in [0.5, 0.6) is 0 Å². The lowest BCUT2D eigenvalue weighted by atomic mass is 9.96. The minimum Gasteiger partial charge on any atom is -0.378 e. The molecule has 1 aliphatic rings. The SMILES string of the molecule is CN(C)c1ccc(/C=c2/sc3n(c2=O)[C@@H](c2ccccc2)C(c2ccccc2)=NN=3)cc1. The first-order valence-corrected chi connectivity index (χ1v) is 11.2. The molecule has 1 atom stereocenters. The van der Waals surface area contributed by atoms with E-state index in [1.54, 1.807) is 4.57 Å². The molecule has 158 valence electrons. The minimum absolute atomic E-state index is 0.0531. The Balaban J connectivity index is 1.66. The van der Waals surface area contributed by atoms with Crippen LogP contribution in [0.1, 0.15) is 22.7 Å². The summed E-state index contributed by atoms with van der Waals surface area (Å²) in [7, 11) is 4.02. The highest BCUT2D eigenvalue weighted by atomic mass is 32.1. The van der Waals surface area contributed by atoms with Crippen molar-refractivity contribution in [2.75, 3.05) is 19.0 Å². The van der Waals surface area contributed by atoms with Crippen LogP contribution in [0.25, 0.3) is 6.08 Å². The highest BCUT2D eigenvalue weighted by molar-refractivity contribution is 7.07. The molecule has 1 aliphatic heterocycles. The van der Waals surface area contributed by atoms with Crippen LogP contribution < -0.4 is 19.8 Å². The molecule has 0 radical (unpaired) electrons. The van der Waals surface area contributed by atoms with Crippen molar-refractivity contribution in [2.45, 2.75) is 6.04 Å². The molecule has 0 aliphatic carbocycles. The Labute approximate surface area is 189 Å². The molecule has 5 nitrogen and oxygen atoms in total. The lowest BCUT2D eigenvalue weighted by Gasteiger charge is -2.22. The van der Waals surface area contributed by atoms with Gasteiger partial charge in [0, 0.05) is 25.3 Å². The van der Waals surface area contributed by atoms with Gasteiger partial charge in [-0.3, -0.25) is 9.36 Å². The summed E-state index contributed by atoms with van der Waals surface area (Å²) in [4.78, 5) is 16.2. The fourth-order valence-corrected chi connectivity index (χ4v) is 4.79. The molecule has 4 aromatic rings. The molecule has 0 N–H and O–H groups in total. The fraction of sp³-hybridized carbons (Fsp3) is 0.115. The molecule has 6 heteroatoms. The lowest BCUT2D eigenvalue weighted by Crippen LogP contribution is -2.40. The van der Waals surface area contributed by atoms with Gasteiger partial charge in [0.25, 0.3) is 5.56 Å². The van der Waals surface area contributed by atoms with Crippen molar-refractivity contribution in [1.82, 2.24) is 4.57 Å². The first-order chi connectivity index (χ1) is 15.6. The standard InChI is InChI=1S/C26H22N4OS/c1-29(2)21-15-13-18(14-16-21)17-22-25(31)30-24(20-11-7-4-8-12-20)23(27-28-26(30)32-22)19-9-5-3-6-10-19/h3-17,24H,1-2H3/b22-17+/t24-/m0/s1. The first-order valence-electron chi connectivity index (χ1n) is 10.4. The van der Waals surface area contributed by atoms with Gasteiger partial charge in [0.1, 0.15) is 6.04 Å². The van der Waals surface area contributed by atoms with Crippen LogP contribution in [-0.4, -0.2) is 24.4 Å². The largest absolute Gasteiger partial charge is 0.378 e. The van der Waals surface area contributed by atoms with E-state index in [0.29, 0.717) is 9.33 Å². The maximum absolute atomic E-state index is 13.6. The van der Waals surface area contributed by atoms with Gasteiger partial charge in [0.05, 0.1) is 10.2 Å². The summed E-state index contributed by atoms with van der Waals surface area (Å²) >= 11 is 1.37. The van der Waals surface area contributed by atoms with Crippen LogP contribution in [0.3, 0.4) is 0 Å². The molecule has 1 aromatic heterocycles. The van der Waals surface area contributed by atoms with E-state index in [0.717, 1.165) is 28.1 Å². The zero-order valence-electron chi connectivity index (χ0n) is 17.8. The molecule has 0 amide bonds. The van der Waals surface area contributed by atoms with Gasteiger partial charge in [-0.25, -0.2) is 0 Å². The summed E-state index contributed by atoms with van der Waals surface area (Å²) in [5, 5.41) is 8.99. The van der Waals surface area contributed by atoms with Crippen LogP contribution in [0.2, 0.25) is 0 Å². The Kier molecular flexibility index (Phi) is 5.29. The van der Waals surface area contributed by atoms with E-state index < -0.39 is 0 Å². The van der Waals surface area contributed by atoms with Gasteiger partial charge in [-0.15, -0.1) is 10.2 Å². The highest BCUT2D eigenvalue weighted by Crippen LogP contribution is 2.24. The molecule has 3 aromatic carbocycles. The monoisotopic (exact) mass is 438 g/mol. The fourth-order valence-electron chi connectivity index (χ4n) is 3.84. The van der Waals surface area contributed by atoms with Gasteiger partial charge >= 0.3 is 0 Å². The van der Waals surface area contributed by atoms with Gasteiger partial charge in [0.15, 0.2) is 0 Å². The number of nitrogens with zero attached hydrogens (tertiary/aromatic N) is 4. The van der Waals surface area contributed by atoms with E-state index in [-0.39, 0.29) is 11.6 Å². The van der Waals surface area contributed by atoms with Crippen molar-refractivity contribution >= 4 is 28.8 Å². The predicted molar refractivity (Wildman–Crippen MR) is 131 cm³/mol. The van der Waals surface area contributed by atoms with E-state index in [4.69, 9.17) is 0 Å². The van der Waals surface area contributed by atoms with Crippen molar-refractivity contribution in [3.8, 4) is 0 Å². The Morgan fingerprint density at radius 2 is 1.53 bits per heavy atom. The number of hydrogen-bond acceptors (Lipinski definition) is 5. The van der Waals surface area contributed by atoms with E-state index in [2.05, 4.69) is 10.2 Å². The Bertz CT molecular complexity index is 1450. The average molecular weight is 439 g/mol. The summed E-state index contributed by atoms with van der Waals surface area (Å²) in [6, 6.07) is 27.8. The van der Waals surface area contributed by atoms with E-state index >= 15 is 0 Å². The van der Waals surface area contributed by atoms with Gasteiger partial charge < -0.3 is 4.90 Å². The molecule has 2 heterocycles. The molecule has 0 fully saturated rings. The summed E-state index contributed by atoms with van der Waals surface area (Å²) in [5.74, 6) is 0. The van der Waals surface area contributed by atoms with Gasteiger partial charge in [0.2, 0.25) is 4.80 Å². The second-order valence-corrected chi connectivity index (χ2v) is 8.83. The molecule has 0 unspecified atom stereocenters. The molecule has 0 spiro atoms. The molecule has 0 saturated carbocycles. The van der Waals surface area contributed by atoms with Crippen LogP contribution in [0, 0.1) is 0 Å². The van der Waals surface area contributed by atoms with E-state index in [1.165, 1.54) is 11.3 Å². The number of thiazole rings is 1. The van der Waals surface area contributed by atoms with Crippen molar-refractivity contribution in [3.63, 3.8) is 0 Å². The molecule has 5 rings (SSSR count). The third kappa shape index (κ3) is 3.69. The van der Waals surface area contributed by atoms with Crippen LogP contribution in [0.15, 0.2) is 99.9 Å². The Morgan fingerprint density at radius 3 is 2.19 bits per heavy atom. The van der Waals surface area contributed by atoms with E-state index in [9.17, 15) is 4.79 Å². The smallest absolute Gasteiger partial charge is 0.271 e. The number of anilines is 1. The predicted octanol–water partition coefficient (Wildman–Crippen LogP) is 3.43. The van der Waals surface area contributed by atoms with Crippen LogP contribution >= 0.6 is 11.3 Å². The van der Waals surface area contributed by atoms with Crippen molar-refractivity contribution < 1.29 is 0 Å². The molecule has 0 bridgehead atoms. The molecule has 32 heavy (non-hydrogen) atoms. The summed E-state index contributed by atoms with van der Waals surface area (Å²) in [6.07, 6.45) is 1.93. The average Bonchev–Trinajstić information content (AvgIpc) is 3.15. The first kappa shape index (κ1) is 20.2. The maximum Gasteiger partial charge on any atom is 0.271 e. The molecule has 0 saturated heterocycles. The highest BCUT2D eigenvalue weighted by Gasteiger charge is 2.28. The van der Waals surface area contributed by atoms with Crippen molar-refractivity contribution in [3.05, 3.63) is 121 Å². The number of rotatable bonds is 4. The molecular weight excluding hydrogens is 416 g/mol. The zero-order valence-corrected chi connectivity index (χ0v) is 18.7. The number of benzene rings is 3. The molecular formula is C26H22N4OS. The summed E-state index contributed by atoms with van der Waals surface area (Å²) < 4.78 is 2.42. The second-order valence-electron chi connectivity index (χ2n) is 7.82. The van der Waals surface area contributed by atoms with Crippen molar-refractivity contribution in [2.24, 2.45) is 10.2 Å². The summed E-state index contributed by atoms with van der Waals surface area (Å²) in [6.45, 7) is 0. The van der Waals surface area contributed by atoms with Crippen LogP contribution in [-0.2, 0) is 0 Å². The van der Waals surface area contributed by atoms with Gasteiger partial charge in [-0.05, 0) is 29.3 Å². The van der Waals surface area contributed by atoms with Gasteiger partial charge in [-0.1, -0.05) is 84.1 Å². The van der Waals surface area contributed by atoms with E-state index in [1.807, 2.05) is 110 Å². The van der Waals surface area contributed by atoms with Crippen molar-refractivity contribution in [1.29, 1.82) is 0 Å². The zero-order chi connectivity index (χ0) is 22.1. The normalized spacial score (nSPS) is 15.6. The third-order valence-corrected chi connectivity index (χ3v) is 6.46. The topological polar surface area (TPSA) is 50.0 Å². The number of aromatic nitrogens is 1. The van der Waals surface area contributed by atoms with Gasteiger partial charge in [-0.2, -0.15) is 0 Å². The third-order valence-electron chi connectivity index (χ3n) is 5.49. The Hall–Kier alpha value is -3.77.